The molecule has 148 valence electrons. The van der Waals surface area contributed by atoms with E-state index in [0.29, 0.717) is 5.82 Å². The Morgan fingerprint density at radius 1 is 1.21 bits per heavy atom. The van der Waals surface area contributed by atoms with Crippen LogP contribution in [0, 0.1) is 6.92 Å². The van der Waals surface area contributed by atoms with E-state index in [4.69, 9.17) is 4.74 Å². The maximum atomic E-state index is 12.6. The number of aryl methyl sites for hydroxylation is 1. The van der Waals surface area contributed by atoms with Crippen LogP contribution in [0.1, 0.15) is 15.2 Å². The summed E-state index contributed by atoms with van der Waals surface area (Å²) in [5.74, 6) is 0.0394. The summed E-state index contributed by atoms with van der Waals surface area (Å²) in [6.07, 6.45) is 0. The van der Waals surface area contributed by atoms with Crippen LogP contribution in [0.5, 0.6) is 5.75 Å². The highest BCUT2D eigenvalue weighted by Gasteiger charge is 2.24. The Kier molecular flexibility index (Phi) is 5.54. The summed E-state index contributed by atoms with van der Waals surface area (Å²) in [5.41, 5.74) is 0.969. The second kappa shape index (κ2) is 7.74. The number of benzene rings is 1. The van der Waals surface area contributed by atoms with E-state index in [-0.39, 0.29) is 16.2 Å². The van der Waals surface area contributed by atoms with E-state index in [0.717, 1.165) is 14.9 Å². The topological polar surface area (TPSA) is 104 Å². The molecule has 0 aliphatic rings. The van der Waals surface area contributed by atoms with Crippen molar-refractivity contribution in [3.05, 3.63) is 46.8 Å². The van der Waals surface area contributed by atoms with E-state index >= 15 is 0 Å². The number of aromatic amines is 1. The van der Waals surface area contributed by atoms with Crippen LogP contribution >= 0.6 is 11.3 Å². The van der Waals surface area contributed by atoms with Gasteiger partial charge in [-0.05, 0) is 37.3 Å². The second-order valence-corrected chi connectivity index (χ2v) is 9.59. The quantitative estimate of drug-likeness (QED) is 0.638. The zero-order valence-corrected chi connectivity index (χ0v) is 17.4. The fourth-order valence-corrected chi connectivity index (χ4v) is 4.40. The molecule has 2 heterocycles. The van der Waals surface area contributed by atoms with Crippen LogP contribution in [0.2, 0.25) is 0 Å². The van der Waals surface area contributed by atoms with Gasteiger partial charge in [0.15, 0.2) is 5.82 Å². The Morgan fingerprint density at radius 2 is 1.96 bits per heavy atom. The van der Waals surface area contributed by atoms with Crippen LogP contribution in [0.4, 0.5) is 5.82 Å². The first-order valence-electron chi connectivity index (χ1n) is 8.26. The summed E-state index contributed by atoms with van der Waals surface area (Å²) >= 11 is 1.61. The summed E-state index contributed by atoms with van der Waals surface area (Å²) in [6, 6.07) is 9.95. The fourth-order valence-electron chi connectivity index (χ4n) is 2.50. The van der Waals surface area contributed by atoms with Crippen molar-refractivity contribution in [1.82, 2.24) is 14.5 Å². The summed E-state index contributed by atoms with van der Waals surface area (Å²) < 4.78 is 31.2. The Balaban J connectivity index is 1.86. The number of sulfonamides is 1. The van der Waals surface area contributed by atoms with Gasteiger partial charge in [-0.15, -0.1) is 11.3 Å². The third-order valence-electron chi connectivity index (χ3n) is 4.01. The van der Waals surface area contributed by atoms with Gasteiger partial charge in [0.25, 0.3) is 5.91 Å². The van der Waals surface area contributed by atoms with E-state index < -0.39 is 15.9 Å². The monoisotopic (exact) mass is 420 g/mol. The number of amides is 1. The molecule has 0 spiro atoms. The molecule has 0 saturated heterocycles. The van der Waals surface area contributed by atoms with Crippen molar-refractivity contribution in [2.75, 3.05) is 26.5 Å². The molecule has 2 N–H and O–H groups in total. The molecule has 8 nitrogen and oxygen atoms in total. The van der Waals surface area contributed by atoms with Crippen molar-refractivity contribution in [1.29, 1.82) is 0 Å². The van der Waals surface area contributed by atoms with Gasteiger partial charge < -0.3 is 10.1 Å². The van der Waals surface area contributed by atoms with Gasteiger partial charge in [-0.1, -0.05) is 0 Å². The number of H-pyrrole nitrogens is 1. The van der Waals surface area contributed by atoms with Crippen LogP contribution in [0.3, 0.4) is 0 Å². The normalized spacial score (nSPS) is 11.6. The van der Waals surface area contributed by atoms with Gasteiger partial charge in [0, 0.05) is 30.6 Å². The molecule has 1 aromatic carbocycles. The minimum absolute atomic E-state index is 0.0792. The van der Waals surface area contributed by atoms with Crippen LogP contribution in [0.25, 0.3) is 10.6 Å². The number of hydrogen-bond acceptors (Lipinski definition) is 6. The maximum Gasteiger partial charge on any atom is 0.256 e. The molecule has 0 saturated carbocycles. The summed E-state index contributed by atoms with van der Waals surface area (Å²) in [6.45, 7) is 2.01. The lowest BCUT2D eigenvalue weighted by atomic mass is 10.2. The maximum absolute atomic E-state index is 12.6. The molecule has 2 aromatic heterocycles. The van der Waals surface area contributed by atoms with Crippen molar-refractivity contribution in [3.63, 3.8) is 0 Å². The smallest absolute Gasteiger partial charge is 0.256 e. The van der Waals surface area contributed by atoms with Gasteiger partial charge in [-0.3, -0.25) is 9.89 Å². The Labute approximate surface area is 167 Å². The molecular weight excluding hydrogens is 400 g/mol. The molecule has 10 heteroatoms. The molecule has 3 aromatic rings. The SMILES string of the molecule is COc1ccc(C(=O)Nc2cc(-c3ccc(C)s3)[nH]n2)cc1S(=O)(=O)N(C)C. The van der Waals surface area contributed by atoms with Crippen molar-refractivity contribution in [3.8, 4) is 16.3 Å². The first-order valence-corrected chi connectivity index (χ1v) is 10.5. The van der Waals surface area contributed by atoms with Crippen LogP contribution < -0.4 is 10.1 Å². The average molecular weight is 421 g/mol. The highest BCUT2D eigenvalue weighted by molar-refractivity contribution is 7.89. The predicted octanol–water partition coefficient (Wildman–Crippen LogP) is 2.96. The van der Waals surface area contributed by atoms with Crippen LogP contribution in [0.15, 0.2) is 41.3 Å². The standard InChI is InChI=1S/C18H20N4O4S2/c1-11-5-8-15(27-11)13-10-17(21-20-13)19-18(23)12-6-7-14(26-4)16(9-12)28(24,25)22(2)3/h5-10H,1-4H3,(H2,19,20,21,23). The summed E-state index contributed by atoms with van der Waals surface area (Å²) in [4.78, 5) is 14.7. The lowest BCUT2D eigenvalue weighted by Crippen LogP contribution is -2.23. The van der Waals surface area contributed by atoms with E-state index in [9.17, 15) is 13.2 Å². The van der Waals surface area contributed by atoms with Crippen molar-refractivity contribution >= 4 is 33.1 Å². The number of carbonyl (C=O) groups excluding carboxylic acids is 1. The average Bonchev–Trinajstić information content (AvgIpc) is 3.29. The Hall–Kier alpha value is -2.69. The number of anilines is 1. The molecule has 0 fully saturated rings. The first kappa shape index (κ1) is 20.1. The number of nitrogens with one attached hydrogen (secondary N) is 2. The number of nitrogens with zero attached hydrogens (tertiary/aromatic N) is 2. The van der Waals surface area contributed by atoms with Crippen molar-refractivity contribution in [2.45, 2.75) is 11.8 Å². The molecule has 0 atom stereocenters. The molecule has 28 heavy (non-hydrogen) atoms. The highest BCUT2D eigenvalue weighted by atomic mass is 32.2. The largest absolute Gasteiger partial charge is 0.495 e. The molecule has 0 unspecified atom stereocenters. The molecule has 0 aliphatic heterocycles. The number of carbonyl (C=O) groups is 1. The van der Waals surface area contributed by atoms with Gasteiger partial charge >= 0.3 is 0 Å². The Bertz CT molecular complexity index is 1120. The van der Waals surface area contributed by atoms with E-state index in [2.05, 4.69) is 15.5 Å². The number of methoxy groups -OCH3 is 1. The zero-order chi connectivity index (χ0) is 20.5. The van der Waals surface area contributed by atoms with Crippen molar-refractivity contribution < 1.29 is 17.9 Å². The molecule has 0 aliphatic carbocycles. The highest BCUT2D eigenvalue weighted by Crippen LogP contribution is 2.29. The first-order chi connectivity index (χ1) is 13.2. The molecular formula is C18H20N4O4S2. The lowest BCUT2D eigenvalue weighted by Gasteiger charge is -2.15. The van der Waals surface area contributed by atoms with Crippen molar-refractivity contribution in [2.24, 2.45) is 0 Å². The van der Waals surface area contributed by atoms with Gasteiger partial charge in [-0.2, -0.15) is 5.10 Å². The molecule has 0 radical (unpaired) electrons. The number of thiophene rings is 1. The van der Waals surface area contributed by atoms with E-state index in [1.807, 2.05) is 19.1 Å². The number of ether oxygens (including phenoxy) is 1. The minimum atomic E-state index is -3.77. The third kappa shape index (κ3) is 3.93. The van der Waals surface area contributed by atoms with E-state index in [1.54, 1.807) is 17.4 Å². The summed E-state index contributed by atoms with van der Waals surface area (Å²) in [7, 11) is 0.438. The van der Waals surface area contributed by atoms with Crippen LogP contribution in [-0.2, 0) is 10.0 Å². The van der Waals surface area contributed by atoms with Gasteiger partial charge in [0.2, 0.25) is 10.0 Å². The van der Waals surface area contributed by atoms with Gasteiger partial charge in [0.1, 0.15) is 10.6 Å². The van der Waals surface area contributed by atoms with Gasteiger partial charge in [0.05, 0.1) is 17.7 Å². The predicted molar refractivity (Wildman–Crippen MR) is 108 cm³/mol. The van der Waals surface area contributed by atoms with Crippen LogP contribution in [-0.4, -0.2) is 50.0 Å². The number of aromatic nitrogens is 2. The lowest BCUT2D eigenvalue weighted by molar-refractivity contribution is 0.102. The molecule has 0 bridgehead atoms. The molecule has 3 rings (SSSR count). The third-order valence-corrected chi connectivity index (χ3v) is 6.88. The fraction of sp³-hybridized carbons (Fsp3) is 0.222. The minimum Gasteiger partial charge on any atom is -0.495 e. The number of rotatable bonds is 6. The van der Waals surface area contributed by atoms with E-state index in [1.165, 1.54) is 44.3 Å². The molecule has 1 amide bonds. The summed E-state index contributed by atoms with van der Waals surface area (Å²) in [5, 5.41) is 9.66. The Morgan fingerprint density at radius 3 is 2.57 bits per heavy atom. The number of hydrogen-bond donors (Lipinski definition) is 2. The van der Waals surface area contributed by atoms with Gasteiger partial charge in [-0.25, -0.2) is 12.7 Å². The second-order valence-electron chi connectivity index (χ2n) is 6.18. The zero-order valence-electron chi connectivity index (χ0n) is 15.8.